The molecule has 1 aromatic rings. The van der Waals surface area contributed by atoms with Crippen LogP contribution in [0, 0.1) is 22.6 Å². The van der Waals surface area contributed by atoms with Crippen molar-refractivity contribution in [2.45, 2.75) is 19.3 Å². The molecule has 4 heteroatoms. The van der Waals surface area contributed by atoms with Gasteiger partial charge in [0.1, 0.15) is 17.0 Å². The van der Waals surface area contributed by atoms with Gasteiger partial charge in [-0.25, -0.2) is 4.39 Å². The summed E-state index contributed by atoms with van der Waals surface area (Å²) in [5.74, 6) is -0.512. The van der Waals surface area contributed by atoms with Crippen LogP contribution in [0.3, 0.4) is 0 Å². The lowest BCUT2D eigenvalue weighted by Gasteiger charge is -2.33. The second-order valence-corrected chi connectivity index (χ2v) is 4.22. The molecule has 1 fully saturated rings. The lowest BCUT2D eigenvalue weighted by atomic mass is 9.65. The number of nitrogens with zero attached hydrogens (tertiary/aromatic N) is 1. The molecule has 0 bridgehead atoms. The SMILES string of the molecule is COc1ccc(F)cc1C(=O)C1(C#N)CCC1. The van der Waals surface area contributed by atoms with E-state index in [9.17, 15) is 9.18 Å². The van der Waals surface area contributed by atoms with Gasteiger partial charge in [-0.2, -0.15) is 5.26 Å². The Hall–Kier alpha value is -1.89. The standard InChI is InChI=1S/C13H12FNO2/c1-17-11-4-3-9(14)7-10(11)12(16)13(8-15)5-2-6-13/h3-4,7H,2,5-6H2,1H3. The molecule has 88 valence electrons. The number of hydrogen-bond acceptors (Lipinski definition) is 3. The fourth-order valence-electron chi connectivity index (χ4n) is 2.04. The Balaban J connectivity index is 2.43. The molecule has 3 nitrogen and oxygen atoms in total. The van der Waals surface area contributed by atoms with Gasteiger partial charge in [-0.15, -0.1) is 0 Å². The van der Waals surface area contributed by atoms with Gasteiger partial charge in [0.2, 0.25) is 0 Å². The zero-order valence-electron chi connectivity index (χ0n) is 9.50. The molecule has 1 saturated carbocycles. The van der Waals surface area contributed by atoms with E-state index in [1.807, 2.05) is 0 Å². The number of halogens is 1. The third kappa shape index (κ3) is 1.78. The summed E-state index contributed by atoms with van der Waals surface area (Å²) in [6.45, 7) is 0. The number of nitriles is 1. The fourth-order valence-corrected chi connectivity index (χ4v) is 2.04. The van der Waals surface area contributed by atoms with Crippen LogP contribution in [-0.2, 0) is 0 Å². The Kier molecular flexibility index (Phi) is 2.84. The number of methoxy groups -OCH3 is 1. The summed E-state index contributed by atoms with van der Waals surface area (Å²) in [5, 5.41) is 9.10. The van der Waals surface area contributed by atoms with Crippen molar-refractivity contribution in [3.63, 3.8) is 0 Å². The van der Waals surface area contributed by atoms with Crippen LogP contribution < -0.4 is 4.74 Å². The van der Waals surface area contributed by atoms with Crippen LogP contribution in [-0.4, -0.2) is 12.9 Å². The van der Waals surface area contributed by atoms with Crippen molar-refractivity contribution in [2.24, 2.45) is 5.41 Å². The topological polar surface area (TPSA) is 50.1 Å². The number of ketones is 1. The summed E-state index contributed by atoms with van der Waals surface area (Å²) >= 11 is 0. The lowest BCUT2D eigenvalue weighted by Crippen LogP contribution is -2.36. The monoisotopic (exact) mass is 233 g/mol. The molecule has 0 aromatic heterocycles. The van der Waals surface area contributed by atoms with Crippen LogP contribution in [0.5, 0.6) is 5.75 Å². The predicted molar refractivity (Wildman–Crippen MR) is 59.2 cm³/mol. The maximum atomic E-state index is 13.2. The normalized spacial score (nSPS) is 16.8. The molecule has 0 spiro atoms. The van der Waals surface area contributed by atoms with Gasteiger partial charge < -0.3 is 4.74 Å². The van der Waals surface area contributed by atoms with E-state index in [1.165, 1.54) is 19.2 Å². The Labute approximate surface area is 98.8 Å². The summed E-state index contributed by atoms with van der Waals surface area (Å²) in [6, 6.07) is 5.83. The van der Waals surface area contributed by atoms with Crippen LogP contribution >= 0.6 is 0 Å². The van der Waals surface area contributed by atoms with Crippen molar-refractivity contribution in [1.82, 2.24) is 0 Å². The van der Waals surface area contributed by atoms with E-state index < -0.39 is 11.2 Å². The molecule has 1 aromatic carbocycles. The quantitative estimate of drug-likeness (QED) is 0.754. The van der Waals surface area contributed by atoms with E-state index in [-0.39, 0.29) is 11.3 Å². The Bertz CT molecular complexity index is 501. The molecule has 0 aliphatic heterocycles. The highest BCUT2D eigenvalue weighted by Gasteiger charge is 2.45. The fraction of sp³-hybridized carbons (Fsp3) is 0.385. The summed E-state index contributed by atoms with van der Waals surface area (Å²) in [7, 11) is 1.42. The van der Waals surface area contributed by atoms with E-state index in [0.29, 0.717) is 18.6 Å². The third-order valence-corrected chi connectivity index (χ3v) is 3.26. The van der Waals surface area contributed by atoms with Crippen LogP contribution in [0.15, 0.2) is 18.2 Å². The average molecular weight is 233 g/mol. The number of benzene rings is 1. The highest BCUT2D eigenvalue weighted by Crippen LogP contribution is 2.44. The van der Waals surface area contributed by atoms with Crippen molar-refractivity contribution in [2.75, 3.05) is 7.11 Å². The number of hydrogen-bond donors (Lipinski definition) is 0. The highest BCUT2D eigenvalue weighted by molar-refractivity contribution is 6.04. The molecule has 1 aliphatic rings. The number of carbonyl (C=O) groups excluding carboxylic acids is 1. The second-order valence-electron chi connectivity index (χ2n) is 4.22. The van der Waals surface area contributed by atoms with Crippen LogP contribution in [0.4, 0.5) is 4.39 Å². The zero-order valence-corrected chi connectivity index (χ0v) is 9.50. The van der Waals surface area contributed by atoms with E-state index >= 15 is 0 Å². The van der Waals surface area contributed by atoms with Crippen molar-refractivity contribution in [3.8, 4) is 11.8 Å². The summed E-state index contributed by atoms with van der Waals surface area (Å²) < 4.78 is 18.2. The minimum absolute atomic E-state index is 0.161. The second kappa shape index (κ2) is 4.17. The van der Waals surface area contributed by atoms with Gasteiger partial charge >= 0.3 is 0 Å². The maximum absolute atomic E-state index is 13.2. The molecule has 1 aliphatic carbocycles. The first-order chi connectivity index (χ1) is 8.13. The first-order valence-electron chi connectivity index (χ1n) is 5.42. The van der Waals surface area contributed by atoms with Gasteiger partial charge in [0.05, 0.1) is 18.7 Å². The highest BCUT2D eigenvalue weighted by atomic mass is 19.1. The van der Waals surface area contributed by atoms with Gasteiger partial charge in [-0.3, -0.25) is 4.79 Å². The summed E-state index contributed by atoms with van der Waals surface area (Å²) in [5.41, 5.74) is -0.810. The van der Waals surface area contributed by atoms with Gasteiger partial charge in [-0.1, -0.05) is 0 Å². The molecule has 2 rings (SSSR count). The molecular weight excluding hydrogens is 221 g/mol. The Morgan fingerprint density at radius 3 is 2.71 bits per heavy atom. The summed E-state index contributed by atoms with van der Waals surface area (Å²) in [6.07, 6.45) is 1.95. The van der Waals surface area contributed by atoms with Gasteiger partial charge in [0.25, 0.3) is 0 Å². The van der Waals surface area contributed by atoms with Crippen LogP contribution in [0.25, 0.3) is 0 Å². The number of ether oxygens (including phenoxy) is 1. The maximum Gasteiger partial charge on any atom is 0.186 e. The van der Waals surface area contributed by atoms with Gasteiger partial charge in [-0.05, 0) is 37.5 Å². The van der Waals surface area contributed by atoms with E-state index in [0.717, 1.165) is 12.5 Å². The molecular formula is C13H12FNO2. The van der Waals surface area contributed by atoms with Crippen molar-refractivity contribution in [3.05, 3.63) is 29.6 Å². The molecule has 17 heavy (non-hydrogen) atoms. The first kappa shape index (κ1) is 11.6. The molecule has 0 N–H and O–H groups in total. The van der Waals surface area contributed by atoms with E-state index in [1.54, 1.807) is 0 Å². The number of Topliss-reactive ketones (excluding diaryl/α,β-unsaturated/α-hetero) is 1. The number of carbonyl (C=O) groups is 1. The largest absolute Gasteiger partial charge is 0.496 e. The molecule has 0 saturated heterocycles. The lowest BCUT2D eigenvalue weighted by molar-refractivity contribution is 0.0744. The number of rotatable bonds is 3. The smallest absolute Gasteiger partial charge is 0.186 e. The minimum Gasteiger partial charge on any atom is -0.496 e. The molecule has 0 atom stereocenters. The summed E-state index contributed by atoms with van der Waals surface area (Å²) in [4.78, 5) is 12.2. The van der Waals surface area contributed by atoms with Crippen LogP contribution in [0.2, 0.25) is 0 Å². The minimum atomic E-state index is -0.971. The van der Waals surface area contributed by atoms with E-state index in [4.69, 9.17) is 10.00 Å². The van der Waals surface area contributed by atoms with Crippen molar-refractivity contribution in [1.29, 1.82) is 5.26 Å². The van der Waals surface area contributed by atoms with Crippen LogP contribution in [0.1, 0.15) is 29.6 Å². The zero-order chi connectivity index (χ0) is 12.5. The molecule has 0 radical (unpaired) electrons. The van der Waals surface area contributed by atoms with Crippen molar-refractivity contribution < 1.29 is 13.9 Å². The predicted octanol–water partition coefficient (Wildman–Crippen LogP) is 2.71. The van der Waals surface area contributed by atoms with Gasteiger partial charge in [0.15, 0.2) is 5.78 Å². The first-order valence-corrected chi connectivity index (χ1v) is 5.42. The Morgan fingerprint density at radius 1 is 1.53 bits per heavy atom. The van der Waals surface area contributed by atoms with E-state index in [2.05, 4.69) is 6.07 Å². The van der Waals surface area contributed by atoms with Crippen molar-refractivity contribution >= 4 is 5.78 Å². The third-order valence-electron chi connectivity index (χ3n) is 3.26. The molecule has 0 amide bonds. The molecule has 0 unspecified atom stereocenters. The average Bonchev–Trinajstić information content (AvgIpc) is 2.28. The molecule has 0 heterocycles. The Morgan fingerprint density at radius 2 is 2.24 bits per heavy atom. The van der Waals surface area contributed by atoms with Gasteiger partial charge in [0, 0.05) is 0 Å².